The SMILES string of the molecule is NCc1cc(OCCCCCCOCCOCCOCCCCCC(=O)O)ccc1C(F)(F)F. The molecule has 1 aromatic rings. The Morgan fingerprint density at radius 1 is 0.794 bits per heavy atom. The minimum Gasteiger partial charge on any atom is -0.494 e. The quantitative estimate of drug-likeness (QED) is 0.237. The lowest BCUT2D eigenvalue weighted by atomic mass is 10.1. The lowest BCUT2D eigenvalue weighted by molar-refractivity contribution is -0.138. The van der Waals surface area contributed by atoms with Gasteiger partial charge in [-0.15, -0.1) is 0 Å². The molecule has 3 N–H and O–H groups in total. The van der Waals surface area contributed by atoms with Crippen molar-refractivity contribution in [2.45, 2.75) is 64.1 Å². The number of carboxylic acid groups (broad SMARTS) is 1. The van der Waals surface area contributed by atoms with Crippen molar-refractivity contribution in [1.82, 2.24) is 0 Å². The molecule has 0 saturated heterocycles. The summed E-state index contributed by atoms with van der Waals surface area (Å²) in [5.41, 5.74) is 4.74. The van der Waals surface area contributed by atoms with E-state index in [1.165, 1.54) is 12.1 Å². The number of carboxylic acids is 1. The molecule has 7 nitrogen and oxygen atoms in total. The second-order valence-corrected chi connectivity index (χ2v) is 7.83. The maximum Gasteiger partial charge on any atom is 0.416 e. The summed E-state index contributed by atoms with van der Waals surface area (Å²) in [6, 6.07) is 3.70. The maximum atomic E-state index is 12.9. The van der Waals surface area contributed by atoms with Gasteiger partial charge in [-0.1, -0.05) is 12.8 Å². The predicted molar refractivity (Wildman–Crippen MR) is 122 cm³/mol. The van der Waals surface area contributed by atoms with Gasteiger partial charge in [-0.05, 0) is 55.9 Å². The number of rotatable bonds is 21. The van der Waals surface area contributed by atoms with Crippen LogP contribution in [-0.4, -0.2) is 57.3 Å². The van der Waals surface area contributed by atoms with Crippen molar-refractivity contribution in [1.29, 1.82) is 0 Å². The van der Waals surface area contributed by atoms with Gasteiger partial charge in [0, 0.05) is 26.2 Å². The number of unbranched alkanes of at least 4 members (excludes halogenated alkanes) is 5. The number of ether oxygens (including phenoxy) is 4. The molecule has 0 bridgehead atoms. The molecule has 0 fully saturated rings. The topological polar surface area (TPSA) is 100 Å². The third kappa shape index (κ3) is 15.1. The van der Waals surface area contributed by atoms with Gasteiger partial charge in [0.1, 0.15) is 5.75 Å². The van der Waals surface area contributed by atoms with Crippen LogP contribution in [0.2, 0.25) is 0 Å². The van der Waals surface area contributed by atoms with Crippen molar-refractivity contribution in [3.05, 3.63) is 29.3 Å². The van der Waals surface area contributed by atoms with E-state index < -0.39 is 17.7 Å². The van der Waals surface area contributed by atoms with Gasteiger partial charge < -0.3 is 29.8 Å². The molecule has 0 saturated carbocycles. The first-order valence-electron chi connectivity index (χ1n) is 11.8. The fourth-order valence-electron chi connectivity index (χ4n) is 3.15. The fourth-order valence-corrected chi connectivity index (χ4v) is 3.15. The van der Waals surface area contributed by atoms with E-state index in [1.807, 2.05) is 0 Å². The average molecular weight is 494 g/mol. The first kappa shape index (κ1) is 30.2. The molecule has 0 unspecified atom stereocenters. The minimum absolute atomic E-state index is 0.0311. The van der Waals surface area contributed by atoms with Crippen molar-refractivity contribution in [2.24, 2.45) is 5.73 Å². The van der Waals surface area contributed by atoms with Gasteiger partial charge in [-0.2, -0.15) is 13.2 Å². The first-order valence-corrected chi connectivity index (χ1v) is 11.8. The van der Waals surface area contributed by atoms with E-state index in [-0.39, 0.29) is 18.5 Å². The summed E-state index contributed by atoms with van der Waals surface area (Å²) in [7, 11) is 0. The van der Waals surface area contributed by atoms with Crippen LogP contribution in [0, 0.1) is 0 Å². The Labute approximate surface area is 199 Å². The normalized spacial score (nSPS) is 11.6. The number of alkyl halides is 3. The molecule has 0 amide bonds. The van der Waals surface area contributed by atoms with Crippen molar-refractivity contribution in [2.75, 3.05) is 46.2 Å². The monoisotopic (exact) mass is 493 g/mol. The van der Waals surface area contributed by atoms with Gasteiger partial charge in [0.2, 0.25) is 0 Å². The molecule has 196 valence electrons. The molecular weight excluding hydrogens is 455 g/mol. The zero-order valence-electron chi connectivity index (χ0n) is 19.7. The van der Waals surface area contributed by atoms with Crippen molar-refractivity contribution in [3.63, 3.8) is 0 Å². The van der Waals surface area contributed by atoms with Crippen LogP contribution in [-0.2, 0) is 31.7 Å². The zero-order valence-corrected chi connectivity index (χ0v) is 19.7. The Hall–Kier alpha value is -1.88. The number of aliphatic carboxylic acids is 1. The van der Waals surface area contributed by atoms with Gasteiger partial charge in [0.05, 0.1) is 38.6 Å². The number of hydrogen-bond acceptors (Lipinski definition) is 6. The number of hydrogen-bond donors (Lipinski definition) is 2. The smallest absolute Gasteiger partial charge is 0.416 e. The van der Waals surface area contributed by atoms with E-state index in [1.54, 1.807) is 0 Å². The summed E-state index contributed by atoms with van der Waals surface area (Å²) in [5, 5.41) is 8.53. The van der Waals surface area contributed by atoms with E-state index >= 15 is 0 Å². The second-order valence-electron chi connectivity index (χ2n) is 7.83. The second kappa shape index (κ2) is 18.4. The molecule has 0 aliphatic rings. The van der Waals surface area contributed by atoms with Crippen molar-refractivity contribution >= 4 is 5.97 Å². The zero-order chi connectivity index (χ0) is 25.1. The van der Waals surface area contributed by atoms with Crippen LogP contribution in [0.3, 0.4) is 0 Å². The molecule has 0 heterocycles. The van der Waals surface area contributed by atoms with Crippen molar-refractivity contribution < 1.29 is 42.0 Å². The van der Waals surface area contributed by atoms with E-state index in [2.05, 4.69) is 0 Å². The van der Waals surface area contributed by atoms with Crippen LogP contribution in [0.5, 0.6) is 5.75 Å². The summed E-state index contributed by atoms with van der Waals surface area (Å²) in [4.78, 5) is 10.4. The molecule has 0 aromatic heterocycles. The van der Waals surface area contributed by atoms with E-state index in [9.17, 15) is 18.0 Å². The minimum atomic E-state index is -4.41. The highest BCUT2D eigenvalue weighted by atomic mass is 19.4. The van der Waals surface area contributed by atoms with Crippen LogP contribution < -0.4 is 10.5 Å². The number of halogens is 3. The standard InChI is InChI=1S/C24H38F3NO6/c25-24(26,27)22-10-9-21(18-20(22)19-28)34-13-7-2-1-5-11-31-14-16-33-17-15-32-12-6-3-4-8-23(29)30/h9-10,18H,1-8,11-17,19,28H2,(H,29,30). The largest absolute Gasteiger partial charge is 0.494 e. The van der Waals surface area contributed by atoms with E-state index in [0.717, 1.165) is 44.6 Å². The molecule has 1 rings (SSSR count). The van der Waals surface area contributed by atoms with Gasteiger partial charge >= 0.3 is 12.1 Å². The Balaban J connectivity index is 1.88. The molecule has 0 spiro atoms. The highest BCUT2D eigenvalue weighted by Gasteiger charge is 2.32. The fraction of sp³-hybridized carbons (Fsp3) is 0.708. The van der Waals surface area contributed by atoms with Gasteiger partial charge in [-0.3, -0.25) is 4.79 Å². The summed E-state index contributed by atoms with van der Waals surface area (Å²) in [6.45, 7) is 3.56. The molecule has 10 heteroatoms. The Morgan fingerprint density at radius 2 is 1.32 bits per heavy atom. The van der Waals surface area contributed by atoms with Crippen LogP contribution in [0.15, 0.2) is 18.2 Å². The molecule has 34 heavy (non-hydrogen) atoms. The average Bonchev–Trinajstić information content (AvgIpc) is 2.79. The van der Waals surface area contributed by atoms with Crippen LogP contribution in [0.4, 0.5) is 13.2 Å². The Morgan fingerprint density at radius 3 is 1.85 bits per heavy atom. The van der Waals surface area contributed by atoms with Crippen LogP contribution >= 0.6 is 0 Å². The number of benzene rings is 1. The van der Waals surface area contributed by atoms with E-state index in [0.29, 0.717) is 58.4 Å². The predicted octanol–water partition coefficient (Wildman–Crippen LogP) is 4.80. The molecule has 0 atom stereocenters. The first-order chi connectivity index (χ1) is 16.3. The number of carbonyl (C=O) groups is 1. The third-order valence-electron chi connectivity index (χ3n) is 4.98. The number of nitrogens with two attached hydrogens (primary N) is 1. The van der Waals surface area contributed by atoms with Gasteiger partial charge in [0.25, 0.3) is 0 Å². The van der Waals surface area contributed by atoms with Crippen LogP contribution in [0.25, 0.3) is 0 Å². The van der Waals surface area contributed by atoms with Crippen molar-refractivity contribution in [3.8, 4) is 5.75 Å². The summed E-state index contributed by atoms with van der Waals surface area (Å²) in [5.74, 6) is -0.360. The molecular formula is C24H38F3NO6. The maximum absolute atomic E-state index is 12.9. The van der Waals surface area contributed by atoms with Gasteiger partial charge in [-0.25, -0.2) is 0 Å². The molecule has 0 radical (unpaired) electrons. The molecule has 1 aromatic carbocycles. The highest BCUT2D eigenvalue weighted by molar-refractivity contribution is 5.66. The van der Waals surface area contributed by atoms with Crippen LogP contribution in [0.1, 0.15) is 62.5 Å². The Kier molecular flexibility index (Phi) is 16.4. The summed E-state index contributed by atoms with van der Waals surface area (Å²) in [6.07, 6.45) is 1.82. The summed E-state index contributed by atoms with van der Waals surface area (Å²) < 4.78 is 60.6. The highest BCUT2D eigenvalue weighted by Crippen LogP contribution is 2.33. The lowest BCUT2D eigenvalue weighted by Gasteiger charge is -2.14. The molecule has 0 aliphatic carbocycles. The lowest BCUT2D eigenvalue weighted by Crippen LogP contribution is -2.12. The molecule has 0 aliphatic heterocycles. The summed E-state index contributed by atoms with van der Waals surface area (Å²) >= 11 is 0. The third-order valence-corrected chi connectivity index (χ3v) is 4.98. The van der Waals surface area contributed by atoms with Gasteiger partial charge in [0.15, 0.2) is 0 Å². The Bertz CT molecular complexity index is 673. The van der Waals surface area contributed by atoms with E-state index in [4.69, 9.17) is 29.8 Å².